The summed E-state index contributed by atoms with van der Waals surface area (Å²) in [6.45, 7) is 0.517. The van der Waals surface area contributed by atoms with Crippen molar-refractivity contribution < 1.29 is 4.39 Å². The molecule has 0 amide bonds. The van der Waals surface area contributed by atoms with Crippen LogP contribution in [0.25, 0.3) is 0 Å². The van der Waals surface area contributed by atoms with Crippen LogP contribution in [0, 0.1) is 12.0 Å². The van der Waals surface area contributed by atoms with E-state index in [4.69, 9.17) is 23.2 Å². The summed E-state index contributed by atoms with van der Waals surface area (Å²) >= 11 is 10.6. The molecule has 0 fully saturated rings. The Morgan fingerprint density at radius 1 is 1.31 bits per heavy atom. The van der Waals surface area contributed by atoms with E-state index >= 15 is 0 Å². The molecule has 4 heteroatoms. The fraction of sp³-hybridized carbons (Fsp3) is 0.111. The summed E-state index contributed by atoms with van der Waals surface area (Å²) in [6, 6.07) is 6.13. The number of halogens is 3. The first-order chi connectivity index (χ1) is 6.18. The number of benzene rings is 1. The van der Waals surface area contributed by atoms with E-state index in [2.05, 4.69) is 11.5 Å². The SMILES string of the molecule is Fc1ccc(CN[C]=C(Cl)Cl)cc1. The van der Waals surface area contributed by atoms with E-state index in [-0.39, 0.29) is 10.3 Å². The molecule has 0 saturated carbocycles. The van der Waals surface area contributed by atoms with E-state index in [1.807, 2.05) is 0 Å². The Balaban J connectivity index is 2.46. The van der Waals surface area contributed by atoms with Crippen molar-refractivity contribution in [3.63, 3.8) is 0 Å². The lowest BCUT2D eigenvalue weighted by molar-refractivity contribution is 0.626. The molecule has 1 N–H and O–H groups in total. The van der Waals surface area contributed by atoms with Gasteiger partial charge < -0.3 is 5.32 Å². The number of rotatable bonds is 3. The van der Waals surface area contributed by atoms with Crippen LogP contribution in [0.3, 0.4) is 0 Å². The largest absolute Gasteiger partial charge is 0.377 e. The molecule has 13 heavy (non-hydrogen) atoms. The summed E-state index contributed by atoms with van der Waals surface area (Å²) in [7, 11) is 0. The maximum Gasteiger partial charge on any atom is 0.132 e. The molecule has 0 aliphatic heterocycles. The van der Waals surface area contributed by atoms with E-state index in [1.54, 1.807) is 12.1 Å². The molecule has 0 aliphatic rings. The van der Waals surface area contributed by atoms with Crippen LogP contribution in [0.4, 0.5) is 4.39 Å². The molecule has 0 spiro atoms. The predicted octanol–water partition coefficient (Wildman–Crippen LogP) is 2.99. The first-order valence-corrected chi connectivity index (χ1v) is 4.35. The average Bonchev–Trinajstić information content (AvgIpc) is 2.08. The van der Waals surface area contributed by atoms with E-state index < -0.39 is 0 Å². The Hall–Kier alpha value is -0.730. The lowest BCUT2D eigenvalue weighted by atomic mass is 10.2. The molecule has 1 aromatic carbocycles. The van der Waals surface area contributed by atoms with Gasteiger partial charge in [-0.05, 0) is 17.7 Å². The Kier molecular flexibility index (Phi) is 4.06. The van der Waals surface area contributed by atoms with Gasteiger partial charge in [-0.25, -0.2) is 4.39 Å². The summed E-state index contributed by atoms with van der Waals surface area (Å²) in [5.41, 5.74) is 0.934. The first kappa shape index (κ1) is 10.4. The minimum Gasteiger partial charge on any atom is -0.377 e. The average molecular weight is 219 g/mol. The molecule has 0 heterocycles. The molecule has 0 bridgehead atoms. The standard InChI is InChI=1S/C9H7Cl2FN/c10-9(11)6-13-5-7-1-3-8(12)4-2-7/h1-4,13H,5H2. The fourth-order valence-corrected chi connectivity index (χ4v) is 0.949. The molecule has 1 aromatic rings. The van der Waals surface area contributed by atoms with Gasteiger partial charge in [0.15, 0.2) is 0 Å². The Bertz CT molecular complexity index is 291. The lowest BCUT2D eigenvalue weighted by Gasteiger charge is -1.99. The second-order valence-electron chi connectivity index (χ2n) is 2.37. The highest BCUT2D eigenvalue weighted by Crippen LogP contribution is 2.05. The smallest absolute Gasteiger partial charge is 0.132 e. The summed E-state index contributed by atoms with van der Waals surface area (Å²) in [5.74, 6) is -0.251. The quantitative estimate of drug-likeness (QED) is 0.770. The van der Waals surface area contributed by atoms with Gasteiger partial charge in [-0.1, -0.05) is 35.3 Å². The summed E-state index contributed by atoms with van der Waals surface area (Å²) in [5, 5.41) is 2.75. The molecule has 0 unspecified atom stereocenters. The Labute approximate surface area is 86.2 Å². The van der Waals surface area contributed by atoms with Gasteiger partial charge in [-0.15, -0.1) is 0 Å². The van der Waals surface area contributed by atoms with Gasteiger partial charge in [0.05, 0.1) is 6.20 Å². The van der Waals surface area contributed by atoms with Crippen molar-refractivity contribution in [2.24, 2.45) is 0 Å². The topological polar surface area (TPSA) is 12.0 Å². The van der Waals surface area contributed by atoms with Gasteiger partial charge in [0.2, 0.25) is 0 Å². The minimum atomic E-state index is -0.251. The van der Waals surface area contributed by atoms with Crippen molar-refractivity contribution in [1.29, 1.82) is 0 Å². The zero-order chi connectivity index (χ0) is 9.68. The number of nitrogens with one attached hydrogen (secondary N) is 1. The van der Waals surface area contributed by atoms with E-state index in [0.717, 1.165) is 5.56 Å². The second kappa shape index (κ2) is 5.10. The van der Waals surface area contributed by atoms with Crippen LogP contribution >= 0.6 is 23.2 Å². The van der Waals surface area contributed by atoms with Gasteiger partial charge in [0.25, 0.3) is 0 Å². The van der Waals surface area contributed by atoms with Gasteiger partial charge in [0.1, 0.15) is 10.3 Å². The highest BCUT2D eigenvalue weighted by molar-refractivity contribution is 6.55. The van der Waals surface area contributed by atoms with Crippen molar-refractivity contribution >= 4 is 23.2 Å². The molecule has 0 aromatic heterocycles. The fourth-order valence-electron chi connectivity index (χ4n) is 0.815. The highest BCUT2D eigenvalue weighted by atomic mass is 35.5. The molecule has 1 nitrogen and oxygen atoms in total. The normalized spacial score (nSPS) is 9.46. The molecular weight excluding hydrogens is 212 g/mol. The molecule has 0 saturated heterocycles. The van der Waals surface area contributed by atoms with Gasteiger partial charge >= 0.3 is 0 Å². The summed E-state index contributed by atoms with van der Waals surface area (Å²) < 4.78 is 12.5. The molecule has 0 atom stereocenters. The van der Waals surface area contributed by atoms with Crippen LogP contribution in [0.15, 0.2) is 28.8 Å². The van der Waals surface area contributed by atoms with E-state index in [1.165, 1.54) is 12.1 Å². The summed E-state index contributed by atoms with van der Waals surface area (Å²) in [6.07, 6.45) is 2.51. The van der Waals surface area contributed by atoms with Crippen LogP contribution in [-0.4, -0.2) is 0 Å². The maximum atomic E-state index is 12.5. The van der Waals surface area contributed by atoms with Crippen LogP contribution in [0.1, 0.15) is 5.56 Å². The van der Waals surface area contributed by atoms with Crippen molar-refractivity contribution in [2.45, 2.75) is 6.54 Å². The second-order valence-corrected chi connectivity index (χ2v) is 3.31. The third-order valence-corrected chi connectivity index (χ3v) is 1.58. The first-order valence-electron chi connectivity index (χ1n) is 3.60. The monoisotopic (exact) mass is 218 g/mol. The number of hydrogen-bond donors (Lipinski definition) is 1. The Morgan fingerprint density at radius 3 is 2.46 bits per heavy atom. The van der Waals surface area contributed by atoms with Crippen molar-refractivity contribution in [1.82, 2.24) is 5.32 Å². The third-order valence-electron chi connectivity index (χ3n) is 1.39. The zero-order valence-corrected chi connectivity index (χ0v) is 8.16. The minimum absolute atomic E-state index is 0.0436. The maximum absolute atomic E-state index is 12.5. The zero-order valence-electron chi connectivity index (χ0n) is 6.65. The molecule has 0 aliphatic carbocycles. The van der Waals surface area contributed by atoms with Gasteiger partial charge in [-0.2, -0.15) is 0 Å². The van der Waals surface area contributed by atoms with Gasteiger partial charge in [-0.3, -0.25) is 0 Å². The number of hydrogen-bond acceptors (Lipinski definition) is 1. The van der Waals surface area contributed by atoms with Crippen LogP contribution in [0.2, 0.25) is 0 Å². The van der Waals surface area contributed by atoms with E-state index in [0.29, 0.717) is 6.54 Å². The van der Waals surface area contributed by atoms with Crippen LogP contribution in [0.5, 0.6) is 0 Å². The third kappa shape index (κ3) is 4.15. The summed E-state index contributed by atoms with van der Waals surface area (Å²) in [4.78, 5) is 0. The lowest BCUT2D eigenvalue weighted by Crippen LogP contribution is -2.05. The molecule has 69 valence electrons. The van der Waals surface area contributed by atoms with Crippen LogP contribution in [-0.2, 0) is 6.54 Å². The highest BCUT2D eigenvalue weighted by Gasteiger charge is 1.92. The van der Waals surface area contributed by atoms with Crippen molar-refractivity contribution in [3.8, 4) is 0 Å². The van der Waals surface area contributed by atoms with Crippen LogP contribution < -0.4 is 5.32 Å². The van der Waals surface area contributed by atoms with Crippen molar-refractivity contribution in [2.75, 3.05) is 0 Å². The predicted molar refractivity (Wildman–Crippen MR) is 51.7 cm³/mol. The van der Waals surface area contributed by atoms with Gasteiger partial charge in [0, 0.05) is 6.54 Å². The molecular formula is C9H7Cl2FN. The van der Waals surface area contributed by atoms with Crippen molar-refractivity contribution in [3.05, 3.63) is 46.3 Å². The molecule has 1 rings (SSSR count). The van der Waals surface area contributed by atoms with E-state index in [9.17, 15) is 4.39 Å². The Morgan fingerprint density at radius 2 is 1.92 bits per heavy atom. The molecule has 1 radical (unpaired) electrons.